The highest BCUT2D eigenvalue weighted by Gasteiger charge is 2.20. The summed E-state index contributed by atoms with van der Waals surface area (Å²) in [7, 11) is 3.27. The van der Waals surface area contributed by atoms with E-state index in [4.69, 9.17) is 4.74 Å². The van der Waals surface area contributed by atoms with Crippen LogP contribution in [0.2, 0.25) is 0 Å². The molecule has 0 aliphatic carbocycles. The lowest BCUT2D eigenvalue weighted by molar-refractivity contribution is -0.384. The molecule has 0 amide bonds. The molecule has 0 saturated carbocycles. The number of nitro groups is 1. The molecule has 0 heterocycles. The van der Waals surface area contributed by atoms with Crippen molar-refractivity contribution in [1.82, 2.24) is 0 Å². The zero-order valence-corrected chi connectivity index (χ0v) is 13.6. The Hall–Kier alpha value is -3.29. The van der Waals surface area contributed by atoms with Gasteiger partial charge in [0.1, 0.15) is 11.5 Å². The fraction of sp³-hybridized carbons (Fsp3) is 0.176. The molecule has 0 bridgehead atoms. The SMILES string of the molecule is CN(C)c1ccc(C(=O)OCC(=O)c2cccc(F)c2)cc1[N+](=O)[O-]. The normalized spacial score (nSPS) is 10.2. The first kappa shape index (κ1) is 18.1. The second-order valence-corrected chi connectivity index (χ2v) is 5.36. The van der Waals surface area contributed by atoms with Crippen molar-refractivity contribution in [3.8, 4) is 0 Å². The summed E-state index contributed by atoms with van der Waals surface area (Å²) in [5.74, 6) is -2.03. The molecule has 0 N–H and O–H groups in total. The molecular weight excluding hydrogens is 331 g/mol. The maximum Gasteiger partial charge on any atom is 0.338 e. The van der Waals surface area contributed by atoms with E-state index in [0.717, 1.165) is 12.1 Å². The second-order valence-electron chi connectivity index (χ2n) is 5.36. The van der Waals surface area contributed by atoms with Gasteiger partial charge < -0.3 is 9.64 Å². The molecule has 0 aromatic heterocycles. The number of halogens is 1. The van der Waals surface area contributed by atoms with Crippen molar-refractivity contribution in [3.63, 3.8) is 0 Å². The minimum Gasteiger partial charge on any atom is -0.454 e. The Morgan fingerprint density at radius 3 is 2.48 bits per heavy atom. The number of ketones is 1. The van der Waals surface area contributed by atoms with Gasteiger partial charge in [-0.15, -0.1) is 0 Å². The predicted octanol–water partition coefficient (Wildman–Crippen LogP) is 2.84. The third-order valence-electron chi connectivity index (χ3n) is 3.37. The van der Waals surface area contributed by atoms with Crippen molar-refractivity contribution in [3.05, 3.63) is 69.5 Å². The topological polar surface area (TPSA) is 89.8 Å². The third-order valence-corrected chi connectivity index (χ3v) is 3.37. The average molecular weight is 346 g/mol. The van der Waals surface area contributed by atoms with E-state index in [-0.39, 0.29) is 16.8 Å². The Labute approximate surface area is 142 Å². The molecule has 0 spiro atoms. The van der Waals surface area contributed by atoms with Gasteiger partial charge in [-0.2, -0.15) is 0 Å². The number of nitro benzene ring substituents is 1. The Morgan fingerprint density at radius 1 is 1.16 bits per heavy atom. The quantitative estimate of drug-likeness (QED) is 0.346. The number of esters is 1. The number of carbonyl (C=O) groups is 2. The lowest BCUT2D eigenvalue weighted by Gasteiger charge is -2.13. The van der Waals surface area contributed by atoms with Gasteiger partial charge in [-0.1, -0.05) is 12.1 Å². The van der Waals surface area contributed by atoms with E-state index in [1.807, 2.05) is 0 Å². The van der Waals surface area contributed by atoms with Crippen molar-refractivity contribution in [2.24, 2.45) is 0 Å². The zero-order chi connectivity index (χ0) is 18.6. The number of rotatable bonds is 6. The van der Waals surface area contributed by atoms with Crippen molar-refractivity contribution < 1.29 is 23.6 Å². The van der Waals surface area contributed by atoms with E-state index in [0.29, 0.717) is 5.69 Å². The molecule has 0 fully saturated rings. The van der Waals surface area contributed by atoms with E-state index >= 15 is 0 Å². The standard InChI is InChI=1S/C17H15FN2O5/c1-19(2)14-7-6-12(9-15(14)20(23)24)17(22)25-10-16(21)11-4-3-5-13(18)8-11/h3-9H,10H2,1-2H3. The van der Waals surface area contributed by atoms with Gasteiger partial charge in [-0.3, -0.25) is 14.9 Å². The smallest absolute Gasteiger partial charge is 0.338 e. The highest BCUT2D eigenvalue weighted by molar-refractivity contribution is 5.99. The monoisotopic (exact) mass is 346 g/mol. The number of hydrogen-bond donors (Lipinski definition) is 0. The van der Waals surface area contributed by atoms with Crippen LogP contribution < -0.4 is 4.90 Å². The summed E-state index contributed by atoms with van der Waals surface area (Å²) in [4.78, 5) is 36.0. The number of nitrogens with zero attached hydrogens (tertiary/aromatic N) is 2. The number of benzene rings is 2. The molecule has 2 aromatic rings. The van der Waals surface area contributed by atoms with Crippen LogP contribution in [0.25, 0.3) is 0 Å². The molecule has 7 nitrogen and oxygen atoms in total. The van der Waals surface area contributed by atoms with Crippen LogP contribution in [0.15, 0.2) is 42.5 Å². The molecule has 0 radical (unpaired) electrons. The van der Waals surface area contributed by atoms with Crippen LogP contribution in [0.5, 0.6) is 0 Å². The maximum atomic E-state index is 13.1. The first-order valence-corrected chi connectivity index (χ1v) is 7.21. The van der Waals surface area contributed by atoms with Crippen LogP contribution in [0.1, 0.15) is 20.7 Å². The summed E-state index contributed by atoms with van der Waals surface area (Å²) in [6.07, 6.45) is 0. The fourth-order valence-electron chi connectivity index (χ4n) is 2.13. The van der Waals surface area contributed by atoms with Gasteiger partial charge in [0.2, 0.25) is 0 Å². The van der Waals surface area contributed by atoms with Crippen molar-refractivity contribution >= 4 is 23.1 Å². The molecule has 0 saturated heterocycles. The number of Topliss-reactive ketones (excluding diaryl/α,β-unsaturated/α-hetero) is 1. The van der Waals surface area contributed by atoms with Gasteiger partial charge in [0.15, 0.2) is 12.4 Å². The van der Waals surface area contributed by atoms with Gasteiger partial charge in [0.25, 0.3) is 5.69 Å². The molecule has 25 heavy (non-hydrogen) atoms. The molecule has 0 aliphatic heterocycles. The van der Waals surface area contributed by atoms with E-state index in [9.17, 15) is 24.1 Å². The average Bonchev–Trinajstić information content (AvgIpc) is 2.58. The molecule has 130 valence electrons. The summed E-state index contributed by atoms with van der Waals surface area (Å²) in [6.45, 7) is -0.592. The van der Waals surface area contributed by atoms with Crippen LogP contribution >= 0.6 is 0 Å². The third kappa shape index (κ3) is 4.37. The molecule has 2 rings (SSSR count). The highest BCUT2D eigenvalue weighted by Crippen LogP contribution is 2.27. The minimum absolute atomic E-state index is 0.0515. The van der Waals surface area contributed by atoms with E-state index in [2.05, 4.69) is 0 Å². The van der Waals surface area contributed by atoms with Gasteiger partial charge in [-0.05, 0) is 24.3 Å². The Kier molecular flexibility index (Phi) is 5.43. The summed E-state index contributed by atoms with van der Waals surface area (Å²) in [5.41, 5.74) is 0.0966. The number of hydrogen-bond acceptors (Lipinski definition) is 6. The fourth-order valence-corrected chi connectivity index (χ4v) is 2.13. The summed E-state index contributed by atoms with van der Waals surface area (Å²) in [5, 5.41) is 11.1. The predicted molar refractivity (Wildman–Crippen MR) is 88.4 cm³/mol. The summed E-state index contributed by atoms with van der Waals surface area (Å²) in [6, 6.07) is 8.87. The van der Waals surface area contributed by atoms with Crippen LogP contribution in [-0.2, 0) is 4.74 Å². The van der Waals surface area contributed by atoms with Gasteiger partial charge in [-0.25, -0.2) is 9.18 Å². The molecule has 0 aliphatic rings. The lowest BCUT2D eigenvalue weighted by Crippen LogP contribution is -2.15. The lowest BCUT2D eigenvalue weighted by atomic mass is 10.1. The maximum absolute atomic E-state index is 13.1. The van der Waals surface area contributed by atoms with Crippen LogP contribution in [0, 0.1) is 15.9 Å². The number of ether oxygens (including phenoxy) is 1. The van der Waals surface area contributed by atoms with Crippen LogP contribution in [0.3, 0.4) is 0 Å². The van der Waals surface area contributed by atoms with Crippen molar-refractivity contribution in [2.45, 2.75) is 0 Å². The Balaban J connectivity index is 2.12. The van der Waals surface area contributed by atoms with Crippen LogP contribution in [-0.4, -0.2) is 37.4 Å². The van der Waals surface area contributed by atoms with Gasteiger partial charge in [0.05, 0.1) is 10.5 Å². The second kappa shape index (κ2) is 7.52. The van der Waals surface area contributed by atoms with E-state index < -0.39 is 29.1 Å². The Morgan fingerprint density at radius 2 is 1.88 bits per heavy atom. The molecule has 2 aromatic carbocycles. The highest BCUT2D eigenvalue weighted by atomic mass is 19.1. The minimum atomic E-state index is -0.877. The van der Waals surface area contributed by atoms with Gasteiger partial charge >= 0.3 is 5.97 Å². The largest absolute Gasteiger partial charge is 0.454 e. The first-order chi connectivity index (χ1) is 11.8. The van der Waals surface area contributed by atoms with E-state index in [1.54, 1.807) is 19.0 Å². The van der Waals surface area contributed by atoms with Crippen LogP contribution in [0.4, 0.5) is 15.8 Å². The Bertz CT molecular complexity index is 836. The van der Waals surface area contributed by atoms with Crippen molar-refractivity contribution in [2.75, 3.05) is 25.6 Å². The molecule has 0 atom stereocenters. The van der Waals surface area contributed by atoms with Crippen molar-refractivity contribution in [1.29, 1.82) is 0 Å². The number of carbonyl (C=O) groups excluding carboxylic acids is 2. The first-order valence-electron chi connectivity index (χ1n) is 7.21. The van der Waals surface area contributed by atoms with E-state index in [1.165, 1.54) is 30.3 Å². The summed E-state index contributed by atoms with van der Waals surface area (Å²) < 4.78 is 18.0. The molecule has 8 heteroatoms. The zero-order valence-electron chi connectivity index (χ0n) is 13.6. The molecular formula is C17H15FN2O5. The molecule has 0 unspecified atom stereocenters. The van der Waals surface area contributed by atoms with Gasteiger partial charge in [0, 0.05) is 25.7 Å². The summed E-state index contributed by atoms with van der Waals surface area (Å²) >= 11 is 0. The number of anilines is 1.